The van der Waals surface area contributed by atoms with Crippen LogP contribution >= 0.6 is 27.5 Å². The number of benzene rings is 1. The molecular weight excluding hydrogens is 346 g/mol. The zero-order chi connectivity index (χ0) is 14.8. The van der Waals surface area contributed by atoms with Gasteiger partial charge in [0.15, 0.2) is 5.78 Å². The maximum Gasteiger partial charge on any atom is 0.326 e. The molecule has 1 aliphatic carbocycles. The Hall–Kier alpha value is -0.910. The van der Waals surface area contributed by atoms with Gasteiger partial charge < -0.3 is 4.74 Å². The van der Waals surface area contributed by atoms with Crippen LogP contribution in [-0.2, 0) is 9.53 Å². The summed E-state index contributed by atoms with van der Waals surface area (Å²) in [7, 11) is 0. The molecule has 20 heavy (non-hydrogen) atoms. The maximum absolute atomic E-state index is 12.1. The second-order valence-corrected chi connectivity index (χ2v) is 6.09. The van der Waals surface area contributed by atoms with E-state index in [9.17, 15) is 9.59 Å². The van der Waals surface area contributed by atoms with Crippen molar-refractivity contribution < 1.29 is 14.3 Å². The maximum atomic E-state index is 12.1. The minimum atomic E-state index is -0.665. The Morgan fingerprint density at radius 1 is 1.40 bits per heavy atom. The molecule has 4 nitrogen and oxygen atoms in total. The normalized spacial score (nSPS) is 15.8. The SMILES string of the molecule is CCOC(=O)C1(NCC(=O)c2cc(Cl)cc(Br)c2)CC1. The predicted molar refractivity (Wildman–Crippen MR) is 80.1 cm³/mol. The van der Waals surface area contributed by atoms with Crippen molar-refractivity contribution in [3.63, 3.8) is 0 Å². The van der Waals surface area contributed by atoms with E-state index in [1.54, 1.807) is 25.1 Å². The van der Waals surface area contributed by atoms with Gasteiger partial charge in [0, 0.05) is 15.1 Å². The lowest BCUT2D eigenvalue weighted by Gasteiger charge is -2.15. The smallest absolute Gasteiger partial charge is 0.326 e. The summed E-state index contributed by atoms with van der Waals surface area (Å²) >= 11 is 9.21. The van der Waals surface area contributed by atoms with Crippen LogP contribution in [0, 0.1) is 0 Å². The van der Waals surface area contributed by atoms with Gasteiger partial charge in [-0.3, -0.25) is 14.9 Å². The third kappa shape index (κ3) is 3.59. The summed E-state index contributed by atoms with van der Waals surface area (Å²) in [6.45, 7) is 2.20. The zero-order valence-electron chi connectivity index (χ0n) is 11.0. The second-order valence-electron chi connectivity index (χ2n) is 4.74. The molecule has 1 saturated carbocycles. The highest BCUT2D eigenvalue weighted by Gasteiger charge is 2.51. The Balaban J connectivity index is 1.97. The van der Waals surface area contributed by atoms with Gasteiger partial charge in [-0.1, -0.05) is 27.5 Å². The van der Waals surface area contributed by atoms with E-state index in [0.29, 0.717) is 30.0 Å². The molecule has 0 unspecified atom stereocenters. The first-order valence-corrected chi connectivity index (χ1v) is 7.55. The molecule has 6 heteroatoms. The van der Waals surface area contributed by atoms with Gasteiger partial charge >= 0.3 is 5.97 Å². The van der Waals surface area contributed by atoms with Crippen LogP contribution in [0.2, 0.25) is 5.02 Å². The summed E-state index contributed by atoms with van der Waals surface area (Å²) in [5.74, 6) is -0.385. The minimum absolute atomic E-state index is 0.0889. The van der Waals surface area contributed by atoms with Gasteiger partial charge in [-0.2, -0.15) is 0 Å². The van der Waals surface area contributed by atoms with Crippen LogP contribution in [0.25, 0.3) is 0 Å². The van der Waals surface area contributed by atoms with E-state index in [4.69, 9.17) is 16.3 Å². The number of ketones is 1. The molecule has 1 aromatic rings. The lowest BCUT2D eigenvalue weighted by Crippen LogP contribution is -2.43. The molecule has 0 atom stereocenters. The fourth-order valence-corrected chi connectivity index (χ4v) is 2.77. The molecule has 108 valence electrons. The standard InChI is InChI=1S/C14H15BrClNO3/c1-2-20-13(19)14(3-4-14)17-8-12(18)9-5-10(15)7-11(16)6-9/h5-7,17H,2-4,8H2,1H3. The largest absolute Gasteiger partial charge is 0.465 e. The predicted octanol–water partition coefficient (Wildman–Crippen LogP) is 2.97. The number of ether oxygens (including phenoxy) is 1. The molecule has 1 N–H and O–H groups in total. The van der Waals surface area contributed by atoms with Crippen LogP contribution in [0.3, 0.4) is 0 Å². The molecule has 1 aromatic carbocycles. The van der Waals surface area contributed by atoms with E-state index < -0.39 is 5.54 Å². The Morgan fingerprint density at radius 2 is 2.10 bits per heavy atom. The Labute approximate surface area is 131 Å². The molecule has 0 heterocycles. The first-order valence-electron chi connectivity index (χ1n) is 6.38. The van der Waals surface area contributed by atoms with Crippen molar-refractivity contribution in [2.24, 2.45) is 0 Å². The fraction of sp³-hybridized carbons (Fsp3) is 0.429. The number of carbonyl (C=O) groups excluding carboxylic acids is 2. The highest BCUT2D eigenvalue weighted by Crippen LogP contribution is 2.36. The molecular formula is C14H15BrClNO3. The van der Waals surface area contributed by atoms with Crippen molar-refractivity contribution in [2.75, 3.05) is 13.2 Å². The lowest BCUT2D eigenvalue weighted by molar-refractivity contribution is -0.146. The van der Waals surface area contributed by atoms with Crippen LogP contribution in [-0.4, -0.2) is 30.4 Å². The number of nitrogens with one attached hydrogen (secondary N) is 1. The molecule has 0 spiro atoms. The molecule has 0 amide bonds. The van der Waals surface area contributed by atoms with Gasteiger partial charge in [0.1, 0.15) is 5.54 Å². The number of hydrogen-bond acceptors (Lipinski definition) is 4. The first-order chi connectivity index (χ1) is 9.47. The topological polar surface area (TPSA) is 55.4 Å². The van der Waals surface area contributed by atoms with Gasteiger partial charge in [-0.05, 0) is 38.0 Å². The van der Waals surface area contributed by atoms with Crippen LogP contribution in [0.15, 0.2) is 22.7 Å². The van der Waals surface area contributed by atoms with Gasteiger partial charge in [0.05, 0.1) is 13.2 Å². The molecule has 0 aliphatic heterocycles. The van der Waals surface area contributed by atoms with Crippen LogP contribution in [0.1, 0.15) is 30.1 Å². The Kier molecular flexibility index (Phi) is 4.83. The van der Waals surface area contributed by atoms with Crippen LogP contribution < -0.4 is 5.32 Å². The lowest BCUT2D eigenvalue weighted by atomic mass is 10.1. The molecule has 1 fully saturated rings. The molecule has 0 radical (unpaired) electrons. The van der Waals surface area contributed by atoms with Gasteiger partial charge in [-0.25, -0.2) is 0 Å². The Morgan fingerprint density at radius 3 is 2.65 bits per heavy atom. The van der Waals surface area contributed by atoms with E-state index in [0.717, 1.165) is 4.47 Å². The zero-order valence-corrected chi connectivity index (χ0v) is 13.4. The summed E-state index contributed by atoms with van der Waals surface area (Å²) < 4.78 is 5.75. The van der Waals surface area contributed by atoms with Crippen molar-refractivity contribution in [3.8, 4) is 0 Å². The minimum Gasteiger partial charge on any atom is -0.465 e. The number of carbonyl (C=O) groups is 2. The van der Waals surface area contributed by atoms with E-state index >= 15 is 0 Å². The average Bonchev–Trinajstić information content (AvgIpc) is 3.16. The highest BCUT2D eigenvalue weighted by atomic mass is 79.9. The average molecular weight is 361 g/mol. The highest BCUT2D eigenvalue weighted by molar-refractivity contribution is 9.10. The van der Waals surface area contributed by atoms with Crippen molar-refractivity contribution in [1.82, 2.24) is 5.32 Å². The number of esters is 1. The summed E-state index contributed by atoms with van der Waals surface area (Å²) in [6.07, 6.45) is 1.41. The number of rotatable bonds is 6. The van der Waals surface area contributed by atoms with E-state index in [-0.39, 0.29) is 18.3 Å². The molecule has 1 aliphatic rings. The molecule has 0 aromatic heterocycles. The Bertz CT molecular complexity index is 523. The summed E-state index contributed by atoms with van der Waals surface area (Å²) in [5.41, 5.74) is -0.155. The van der Waals surface area contributed by atoms with Gasteiger partial charge in [-0.15, -0.1) is 0 Å². The van der Waals surface area contributed by atoms with Gasteiger partial charge in [0.2, 0.25) is 0 Å². The summed E-state index contributed by atoms with van der Waals surface area (Å²) in [4.78, 5) is 23.9. The van der Waals surface area contributed by atoms with Crippen molar-refractivity contribution in [2.45, 2.75) is 25.3 Å². The second kappa shape index (κ2) is 6.24. The molecule has 2 rings (SSSR count). The molecule has 0 bridgehead atoms. The van der Waals surface area contributed by atoms with Crippen molar-refractivity contribution in [3.05, 3.63) is 33.3 Å². The summed E-state index contributed by atoms with van der Waals surface area (Å²) in [5, 5.41) is 3.50. The van der Waals surface area contributed by atoms with E-state index in [1.165, 1.54) is 0 Å². The number of hydrogen-bond donors (Lipinski definition) is 1. The van der Waals surface area contributed by atoms with Crippen molar-refractivity contribution >= 4 is 39.3 Å². The molecule has 0 saturated heterocycles. The van der Waals surface area contributed by atoms with Gasteiger partial charge in [0.25, 0.3) is 0 Å². The van der Waals surface area contributed by atoms with Crippen LogP contribution in [0.5, 0.6) is 0 Å². The van der Waals surface area contributed by atoms with Crippen molar-refractivity contribution in [1.29, 1.82) is 0 Å². The van der Waals surface area contributed by atoms with Crippen LogP contribution in [0.4, 0.5) is 0 Å². The third-order valence-electron chi connectivity index (χ3n) is 3.19. The van der Waals surface area contributed by atoms with E-state index in [1.807, 2.05) is 0 Å². The number of halogens is 2. The number of Topliss-reactive ketones (excluding diaryl/α,β-unsaturated/α-hetero) is 1. The quantitative estimate of drug-likeness (QED) is 0.626. The summed E-state index contributed by atoms with van der Waals surface area (Å²) in [6, 6.07) is 5.03. The fourth-order valence-electron chi connectivity index (χ4n) is 1.91. The van der Waals surface area contributed by atoms with E-state index in [2.05, 4.69) is 21.2 Å². The monoisotopic (exact) mass is 359 g/mol. The first kappa shape index (κ1) is 15.5. The third-order valence-corrected chi connectivity index (χ3v) is 3.86.